The Morgan fingerprint density at radius 1 is 1.43 bits per heavy atom. The number of alkyl halides is 1. The monoisotopic (exact) mass is 469 g/mol. The van der Waals surface area contributed by atoms with Gasteiger partial charge in [0.2, 0.25) is 0 Å². The van der Waals surface area contributed by atoms with Gasteiger partial charge >= 0.3 is 0 Å². The maximum atomic E-state index is 3.54. The highest BCUT2D eigenvalue weighted by atomic mass is 127. The highest BCUT2D eigenvalue weighted by Gasteiger charge is 2.31. The second kappa shape index (κ2) is 9.07. The number of quaternary nitrogens is 1. The lowest BCUT2D eigenvalue weighted by atomic mass is 9.68. The van der Waals surface area contributed by atoms with Crippen LogP contribution in [0.15, 0.2) is 23.8 Å². The van der Waals surface area contributed by atoms with Crippen molar-refractivity contribution in [2.45, 2.75) is 53.0 Å². The zero-order valence-corrected chi connectivity index (χ0v) is 18.4. The van der Waals surface area contributed by atoms with Gasteiger partial charge in [0.1, 0.15) is 6.04 Å². The molecule has 3 heteroatoms. The predicted molar refractivity (Wildman–Crippen MR) is 94.3 cm³/mol. The van der Waals surface area contributed by atoms with Crippen LogP contribution in [0.4, 0.5) is 0 Å². The molecule has 0 aromatic rings. The normalized spacial score (nSPS) is 23.6. The number of halogens is 2. The Morgan fingerprint density at radius 3 is 2.57 bits per heavy atom. The molecule has 0 saturated heterocycles. The first-order valence-electron chi connectivity index (χ1n) is 7.94. The van der Waals surface area contributed by atoms with Crippen molar-refractivity contribution in [2.24, 2.45) is 11.3 Å². The van der Waals surface area contributed by atoms with Gasteiger partial charge in [0.25, 0.3) is 0 Å². The summed E-state index contributed by atoms with van der Waals surface area (Å²) in [5.74, 6) is 0.606. The molecular formula is C18H33BrIN. The average Bonchev–Trinajstić information content (AvgIpc) is 2.34. The van der Waals surface area contributed by atoms with E-state index in [9.17, 15) is 0 Å². The molecule has 0 aliphatic heterocycles. The molecule has 0 amide bonds. The Hall–Kier alpha value is 0.650. The van der Waals surface area contributed by atoms with Gasteiger partial charge in [-0.25, -0.2) is 0 Å². The first-order valence-corrected chi connectivity index (χ1v) is 9.06. The van der Waals surface area contributed by atoms with Gasteiger partial charge in [-0.05, 0) is 38.2 Å². The molecule has 0 fully saturated rings. The summed E-state index contributed by atoms with van der Waals surface area (Å²) < 4.78 is 1.07. The highest BCUT2D eigenvalue weighted by Crippen LogP contribution is 2.41. The van der Waals surface area contributed by atoms with Crippen molar-refractivity contribution in [3.8, 4) is 0 Å². The van der Waals surface area contributed by atoms with E-state index in [1.165, 1.54) is 25.8 Å². The van der Waals surface area contributed by atoms with E-state index in [0.717, 1.165) is 9.81 Å². The standard InChI is InChI=1S/C18H33BrN.HI/c1-15-9-7-12-18(3,4)17(15)11-10-16(2)20(5,6)14-8-13-19;/h9-11,16-17H,7-8,12-14H2,1-6H3;1H/q+1;/p-1. The van der Waals surface area contributed by atoms with Crippen LogP contribution in [0.5, 0.6) is 0 Å². The zero-order chi connectivity index (χ0) is 15.4. The molecule has 124 valence electrons. The van der Waals surface area contributed by atoms with Crippen molar-refractivity contribution in [1.82, 2.24) is 0 Å². The fourth-order valence-corrected chi connectivity index (χ4v) is 3.41. The summed E-state index contributed by atoms with van der Waals surface area (Å²) in [5.41, 5.74) is 1.96. The number of likely N-dealkylation sites (N-methyl/N-ethyl adjacent to an activating group) is 1. The van der Waals surface area contributed by atoms with Crippen LogP contribution >= 0.6 is 15.9 Å². The van der Waals surface area contributed by atoms with Crippen molar-refractivity contribution >= 4 is 15.9 Å². The summed E-state index contributed by atoms with van der Waals surface area (Å²) in [5, 5.41) is 1.10. The number of rotatable bonds is 6. The molecule has 0 spiro atoms. The van der Waals surface area contributed by atoms with E-state index in [1.807, 2.05) is 0 Å². The van der Waals surface area contributed by atoms with Crippen molar-refractivity contribution in [3.05, 3.63) is 23.8 Å². The summed E-state index contributed by atoms with van der Waals surface area (Å²) in [4.78, 5) is 0. The molecule has 0 N–H and O–H groups in total. The van der Waals surface area contributed by atoms with Crippen LogP contribution in [-0.2, 0) is 0 Å². The molecule has 21 heavy (non-hydrogen) atoms. The number of hydrogen-bond donors (Lipinski definition) is 0. The number of nitrogens with zero attached hydrogens (tertiary/aromatic N) is 1. The quantitative estimate of drug-likeness (QED) is 0.242. The van der Waals surface area contributed by atoms with Gasteiger partial charge in [-0.15, -0.1) is 0 Å². The van der Waals surface area contributed by atoms with E-state index >= 15 is 0 Å². The molecule has 0 aromatic heterocycles. The molecule has 1 rings (SSSR count). The lowest BCUT2D eigenvalue weighted by Crippen LogP contribution is -3.00. The van der Waals surface area contributed by atoms with Crippen LogP contribution in [0.1, 0.15) is 47.0 Å². The van der Waals surface area contributed by atoms with Crippen LogP contribution < -0.4 is 24.0 Å². The smallest absolute Gasteiger partial charge is 0.104 e. The van der Waals surface area contributed by atoms with Crippen molar-refractivity contribution in [2.75, 3.05) is 26.0 Å². The van der Waals surface area contributed by atoms with Gasteiger partial charge in [0.15, 0.2) is 0 Å². The van der Waals surface area contributed by atoms with Crippen molar-refractivity contribution in [1.29, 1.82) is 0 Å². The molecule has 2 unspecified atom stereocenters. The average molecular weight is 470 g/mol. The van der Waals surface area contributed by atoms with Crippen LogP contribution in [-0.4, -0.2) is 36.5 Å². The van der Waals surface area contributed by atoms with E-state index in [-0.39, 0.29) is 24.0 Å². The van der Waals surface area contributed by atoms with Gasteiger partial charge < -0.3 is 28.5 Å². The first-order chi connectivity index (χ1) is 9.20. The molecule has 0 heterocycles. The largest absolute Gasteiger partial charge is 1.00 e. The molecule has 2 atom stereocenters. The maximum absolute atomic E-state index is 3.54. The minimum atomic E-state index is 0. The Labute approximate surface area is 158 Å². The van der Waals surface area contributed by atoms with E-state index < -0.39 is 0 Å². The van der Waals surface area contributed by atoms with Gasteiger partial charge in [0, 0.05) is 17.7 Å². The van der Waals surface area contributed by atoms with Crippen LogP contribution in [0.25, 0.3) is 0 Å². The minimum Gasteiger partial charge on any atom is -1.00 e. The molecule has 0 bridgehead atoms. The van der Waals surface area contributed by atoms with E-state index in [0.29, 0.717) is 17.4 Å². The third-order valence-corrected chi connectivity index (χ3v) is 5.70. The van der Waals surface area contributed by atoms with Crippen LogP contribution in [0.3, 0.4) is 0 Å². The number of hydrogen-bond acceptors (Lipinski definition) is 0. The van der Waals surface area contributed by atoms with E-state index in [4.69, 9.17) is 0 Å². The predicted octanol–water partition coefficient (Wildman–Crippen LogP) is 2.18. The van der Waals surface area contributed by atoms with Gasteiger partial charge in [-0.2, -0.15) is 0 Å². The topological polar surface area (TPSA) is 0 Å². The van der Waals surface area contributed by atoms with Gasteiger partial charge in [-0.1, -0.05) is 47.5 Å². The highest BCUT2D eigenvalue weighted by molar-refractivity contribution is 9.09. The molecule has 1 aliphatic rings. The van der Waals surface area contributed by atoms with Gasteiger partial charge in [0.05, 0.1) is 20.6 Å². The van der Waals surface area contributed by atoms with Crippen molar-refractivity contribution < 1.29 is 28.5 Å². The Bertz CT molecular complexity index is 371. The molecule has 0 radical (unpaired) electrons. The lowest BCUT2D eigenvalue weighted by molar-refractivity contribution is -0.906. The second-order valence-electron chi connectivity index (χ2n) is 7.62. The Kier molecular flexibility index (Phi) is 9.35. The summed E-state index contributed by atoms with van der Waals surface area (Å²) >= 11 is 3.54. The first kappa shape index (κ1) is 21.6. The fraction of sp³-hybridized carbons (Fsp3) is 0.778. The van der Waals surface area contributed by atoms with Crippen LogP contribution in [0.2, 0.25) is 0 Å². The maximum Gasteiger partial charge on any atom is 0.104 e. The fourth-order valence-electron chi connectivity index (χ4n) is 3.16. The van der Waals surface area contributed by atoms with Crippen LogP contribution in [0, 0.1) is 11.3 Å². The summed E-state index contributed by atoms with van der Waals surface area (Å²) in [6.07, 6.45) is 11.1. The minimum absolute atomic E-state index is 0. The summed E-state index contributed by atoms with van der Waals surface area (Å²) in [6.45, 7) is 10.7. The van der Waals surface area contributed by atoms with E-state index in [1.54, 1.807) is 5.57 Å². The Balaban J connectivity index is 0.00000400. The molecular weight excluding hydrogens is 437 g/mol. The van der Waals surface area contributed by atoms with Gasteiger partial charge in [-0.3, -0.25) is 0 Å². The second-order valence-corrected chi connectivity index (χ2v) is 8.42. The molecule has 1 aliphatic carbocycles. The summed E-state index contributed by atoms with van der Waals surface area (Å²) in [6, 6.07) is 0.569. The Morgan fingerprint density at radius 2 is 2.05 bits per heavy atom. The molecule has 0 saturated carbocycles. The third kappa shape index (κ3) is 6.34. The molecule has 0 aromatic carbocycles. The zero-order valence-electron chi connectivity index (χ0n) is 14.6. The van der Waals surface area contributed by atoms with Crippen molar-refractivity contribution in [3.63, 3.8) is 0 Å². The summed E-state index contributed by atoms with van der Waals surface area (Å²) in [7, 11) is 4.68. The SMILES string of the molecule is CC1=CCCC(C)(C)C1C=CC(C)[N+](C)(C)CCCBr.[I-]. The number of allylic oxidation sites excluding steroid dienone is 3. The molecule has 1 nitrogen and oxygen atoms in total. The van der Waals surface area contributed by atoms with E-state index in [2.05, 4.69) is 75.9 Å². The lowest BCUT2D eigenvalue weighted by Gasteiger charge is -2.38. The third-order valence-electron chi connectivity index (χ3n) is 5.14.